The Kier molecular flexibility index (Phi) is 3.72. The van der Waals surface area contributed by atoms with Gasteiger partial charge in [0.25, 0.3) is 5.95 Å². The molecular formula is C11H18N4O3. The van der Waals surface area contributed by atoms with E-state index in [9.17, 15) is 0 Å². The Morgan fingerprint density at radius 1 is 1.28 bits per heavy atom. The van der Waals surface area contributed by atoms with Gasteiger partial charge in [-0.1, -0.05) is 0 Å². The minimum absolute atomic E-state index is 0.136. The lowest BCUT2D eigenvalue weighted by Crippen LogP contribution is -2.39. The van der Waals surface area contributed by atoms with Gasteiger partial charge in [0.2, 0.25) is 5.89 Å². The minimum atomic E-state index is 0.136. The number of aromatic nitrogens is 2. The van der Waals surface area contributed by atoms with Crippen LogP contribution >= 0.6 is 0 Å². The molecule has 1 atom stereocenters. The topological polar surface area (TPSA) is 72.7 Å². The highest BCUT2D eigenvalue weighted by atomic mass is 16.5. The molecule has 18 heavy (non-hydrogen) atoms. The maximum Gasteiger partial charge on any atom is 0.266 e. The summed E-state index contributed by atoms with van der Waals surface area (Å²) in [7, 11) is 0. The molecule has 2 fully saturated rings. The van der Waals surface area contributed by atoms with Gasteiger partial charge < -0.3 is 24.2 Å². The molecule has 7 heteroatoms. The van der Waals surface area contributed by atoms with E-state index in [4.69, 9.17) is 14.0 Å². The van der Waals surface area contributed by atoms with E-state index in [-0.39, 0.29) is 6.10 Å². The van der Waals surface area contributed by atoms with Crippen molar-refractivity contribution in [2.75, 3.05) is 50.9 Å². The van der Waals surface area contributed by atoms with Gasteiger partial charge in [-0.15, -0.1) is 0 Å². The predicted octanol–water partition coefficient (Wildman–Crippen LogP) is -0.563. The molecule has 2 aliphatic heterocycles. The summed E-state index contributed by atoms with van der Waals surface area (Å²) in [6.07, 6.45) is 0.807. The van der Waals surface area contributed by atoms with E-state index in [1.165, 1.54) is 0 Å². The van der Waals surface area contributed by atoms with E-state index >= 15 is 0 Å². The average molecular weight is 254 g/mol. The monoisotopic (exact) mass is 254 g/mol. The molecule has 100 valence electrons. The fourth-order valence-electron chi connectivity index (χ4n) is 2.17. The molecule has 1 aromatic heterocycles. The number of morpholine rings is 2. The minimum Gasteiger partial charge on any atom is -0.378 e. The van der Waals surface area contributed by atoms with Gasteiger partial charge >= 0.3 is 0 Å². The zero-order valence-corrected chi connectivity index (χ0v) is 10.3. The lowest BCUT2D eigenvalue weighted by atomic mass is 10.2. The summed E-state index contributed by atoms with van der Waals surface area (Å²) < 4.78 is 16.2. The van der Waals surface area contributed by atoms with Crippen LogP contribution in [-0.4, -0.2) is 62.2 Å². The van der Waals surface area contributed by atoms with Crippen molar-refractivity contribution in [3.63, 3.8) is 0 Å². The molecular weight excluding hydrogens is 236 g/mol. The number of nitrogens with zero attached hydrogens (tertiary/aromatic N) is 3. The summed E-state index contributed by atoms with van der Waals surface area (Å²) in [5.74, 6) is 1.31. The van der Waals surface area contributed by atoms with Gasteiger partial charge in [0.05, 0.1) is 32.3 Å². The number of hydrogen-bond donors (Lipinski definition) is 1. The van der Waals surface area contributed by atoms with Gasteiger partial charge in [-0.05, 0) is 5.16 Å². The number of ether oxygens (including phenoxy) is 2. The number of nitrogens with one attached hydrogen (secondary N) is 1. The Bertz CT molecular complexity index is 372. The van der Waals surface area contributed by atoms with Crippen LogP contribution in [0, 0.1) is 0 Å². The molecule has 2 saturated heterocycles. The van der Waals surface area contributed by atoms with E-state index in [1.807, 2.05) is 0 Å². The average Bonchev–Trinajstić information content (AvgIpc) is 2.89. The molecule has 0 saturated carbocycles. The third-order valence-corrected chi connectivity index (χ3v) is 3.16. The van der Waals surface area contributed by atoms with Gasteiger partial charge in [0, 0.05) is 26.2 Å². The van der Waals surface area contributed by atoms with E-state index < -0.39 is 0 Å². The fourth-order valence-corrected chi connectivity index (χ4v) is 2.17. The largest absolute Gasteiger partial charge is 0.378 e. The first kappa shape index (κ1) is 11.9. The smallest absolute Gasteiger partial charge is 0.266 e. The predicted molar refractivity (Wildman–Crippen MR) is 63.6 cm³/mol. The lowest BCUT2D eigenvalue weighted by Gasteiger charge is -2.24. The molecule has 0 aliphatic carbocycles. The number of anilines is 1. The van der Waals surface area contributed by atoms with Crippen LogP contribution in [0.15, 0.2) is 4.52 Å². The van der Waals surface area contributed by atoms with E-state index in [1.54, 1.807) is 0 Å². The zero-order valence-electron chi connectivity index (χ0n) is 10.3. The Hall–Kier alpha value is -1.18. The number of rotatable bonds is 3. The quantitative estimate of drug-likeness (QED) is 0.775. The molecule has 1 aromatic rings. The first-order valence-electron chi connectivity index (χ1n) is 6.39. The molecule has 1 N–H and O–H groups in total. The van der Waals surface area contributed by atoms with Crippen LogP contribution in [0.1, 0.15) is 5.89 Å². The van der Waals surface area contributed by atoms with Crippen molar-refractivity contribution in [1.82, 2.24) is 15.5 Å². The molecule has 0 spiro atoms. The van der Waals surface area contributed by atoms with Crippen LogP contribution in [0.4, 0.5) is 5.95 Å². The second-order valence-electron chi connectivity index (χ2n) is 4.49. The maximum atomic E-state index is 5.61. The standard InChI is InChI=1S/C11H18N4O3/c1-4-17-9(8-12-1)7-10-13-11(14-18-10)15-2-5-16-6-3-15/h9,12H,1-8H2. The van der Waals surface area contributed by atoms with Crippen LogP contribution in [0.2, 0.25) is 0 Å². The fraction of sp³-hybridized carbons (Fsp3) is 0.818. The Morgan fingerprint density at radius 2 is 2.17 bits per heavy atom. The van der Waals surface area contributed by atoms with Crippen molar-refractivity contribution >= 4 is 5.95 Å². The summed E-state index contributed by atoms with van der Waals surface area (Å²) in [5.41, 5.74) is 0. The highest BCUT2D eigenvalue weighted by Gasteiger charge is 2.20. The normalized spacial score (nSPS) is 25.3. The maximum absolute atomic E-state index is 5.61. The molecule has 3 heterocycles. The van der Waals surface area contributed by atoms with Crippen LogP contribution in [0.25, 0.3) is 0 Å². The second-order valence-corrected chi connectivity index (χ2v) is 4.49. The second kappa shape index (κ2) is 5.64. The molecule has 0 radical (unpaired) electrons. The van der Waals surface area contributed by atoms with Crippen LogP contribution in [0.5, 0.6) is 0 Å². The van der Waals surface area contributed by atoms with Crippen molar-refractivity contribution in [2.24, 2.45) is 0 Å². The molecule has 0 aromatic carbocycles. The molecule has 3 rings (SSSR count). The number of hydrogen-bond acceptors (Lipinski definition) is 7. The molecule has 1 unspecified atom stereocenters. The summed E-state index contributed by atoms with van der Waals surface area (Å²) in [4.78, 5) is 6.49. The molecule has 0 bridgehead atoms. The van der Waals surface area contributed by atoms with Gasteiger partial charge in [0.1, 0.15) is 0 Å². The zero-order chi connectivity index (χ0) is 12.2. The van der Waals surface area contributed by atoms with Crippen molar-refractivity contribution in [3.05, 3.63) is 5.89 Å². The van der Waals surface area contributed by atoms with E-state index in [0.717, 1.165) is 46.0 Å². The Balaban J connectivity index is 1.58. The first-order valence-corrected chi connectivity index (χ1v) is 6.39. The van der Waals surface area contributed by atoms with Gasteiger partial charge in [-0.3, -0.25) is 0 Å². The van der Waals surface area contributed by atoms with Crippen molar-refractivity contribution in [2.45, 2.75) is 12.5 Å². The molecule has 0 amide bonds. The summed E-state index contributed by atoms with van der Waals surface area (Å²) in [6.45, 7) is 5.59. The Labute approximate surface area is 105 Å². The summed E-state index contributed by atoms with van der Waals surface area (Å²) in [6, 6.07) is 0. The van der Waals surface area contributed by atoms with Gasteiger partial charge in [-0.25, -0.2) is 0 Å². The van der Waals surface area contributed by atoms with E-state index in [0.29, 0.717) is 18.3 Å². The van der Waals surface area contributed by atoms with Crippen LogP contribution in [0.3, 0.4) is 0 Å². The van der Waals surface area contributed by atoms with Crippen molar-refractivity contribution in [3.8, 4) is 0 Å². The van der Waals surface area contributed by atoms with Crippen LogP contribution < -0.4 is 10.2 Å². The Morgan fingerprint density at radius 3 is 2.94 bits per heavy atom. The lowest BCUT2D eigenvalue weighted by molar-refractivity contribution is 0.0246. The summed E-state index contributed by atoms with van der Waals surface area (Å²) >= 11 is 0. The highest BCUT2D eigenvalue weighted by Crippen LogP contribution is 2.13. The third kappa shape index (κ3) is 2.80. The molecule has 2 aliphatic rings. The van der Waals surface area contributed by atoms with Gasteiger partial charge in [0.15, 0.2) is 0 Å². The highest BCUT2D eigenvalue weighted by molar-refractivity contribution is 5.28. The van der Waals surface area contributed by atoms with Gasteiger partial charge in [-0.2, -0.15) is 4.98 Å². The van der Waals surface area contributed by atoms with Crippen molar-refractivity contribution < 1.29 is 14.0 Å². The first-order chi connectivity index (χ1) is 8.92. The third-order valence-electron chi connectivity index (χ3n) is 3.16. The SMILES string of the molecule is C1COC(Cc2nc(N3CCOCC3)no2)CN1. The van der Waals surface area contributed by atoms with Crippen LogP contribution in [-0.2, 0) is 15.9 Å². The van der Waals surface area contributed by atoms with E-state index in [2.05, 4.69) is 20.4 Å². The summed E-state index contributed by atoms with van der Waals surface area (Å²) in [5, 5.41) is 7.30. The molecule has 7 nitrogen and oxygen atoms in total. The van der Waals surface area contributed by atoms with Crippen molar-refractivity contribution in [1.29, 1.82) is 0 Å².